The van der Waals surface area contributed by atoms with Gasteiger partial charge in [0.2, 0.25) is 0 Å². The largest absolute Gasteiger partial charge is 4.00 e. The summed E-state index contributed by atoms with van der Waals surface area (Å²) in [7, 11) is 3.64. The molecule has 1 saturated heterocycles. The van der Waals surface area contributed by atoms with E-state index in [2.05, 4.69) is 5.32 Å². The fourth-order valence-electron chi connectivity index (χ4n) is 2.50. The first-order chi connectivity index (χ1) is 9.23. The third-order valence-electron chi connectivity index (χ3n) is 3.89. The molecule has 3 atom stereocenters. The van der Waals surface area contributed by atoms with Crippen LogP contribution in [0.1, 0.15) is 20.8 Å². The predicted octanol–water partition coefficient (Wildman–Crippen LogP) is -8.88. The number of Topliss-reactive ketones (excluding diaryl/α,β-unsaturated/α-hetero) is 3. The van der Waals surface area contributed by atoms with Crippen molar-refractivity contribution >= 4 is 17.3 Å². The first kappa shape index (κ1) is 32.2. The van der Waals surface area contributed by atoms with Crippen molar-refractivity contribution in [3.05, 3.63) is 5.32 Å². The molecule has 1 aliphatic heterocycles. The van der Waals surface area contributed by atoms with E-state index in [1.165, 1.54) is 20.8 Å². The van der Waals surface area contributed by atoms with Crippen LogP contribution in [0.15, 0.2) is 0 Å². The van der Waals surface area contributed by atoms with Crippen molar-refractivity contribution in [1.29, 1.82) is 0 Å². The standard InChI is InChI=1S/C14H24N3O3.3ClH.Ti/c1-9(18)12-7-16(4)14(11(3)20)8-17(5)13(6-15-12)10(2)19;;;;/h12-14H,6-8H2,1-5H3;3*1H;/q-1;;;;+4/p-3. The molecule has 0 aromatic heterocycles. The van der Waals surface area contributed by atoms with Gasteiger partial charge in [-0.3, -0.25) is 19.4 Å². The third-order valence-corrected chi connectivity index (χ3v) is 3.89. The van der Waals surface area contributed by atoms with Gasteiger partial charge in [-0.15, -0.1) is 6.54 Å². The van der Waals surface area contributed by atoms with Gasteiger partial charge in [-0.25, -0.2) is 0 Å². The SMILES string of the molecule is CC(=O)C1CN(C)C(C(C)=O)CN(C)C(C(C)=O)C[N-]1.[Cl-].[Cl-].[Cl-].[Ti+4]. The number of ketones is 3. The predicted molar refractivity (Wildman–Crippen MR) is 76.9 cm³/mol. The molecular weight excluding hydrogens is 412 g/mol. The van der Waals surface area contributed by atoms with E-state index >= 15 is 0 Å². The Morgan fingerprint density at radius 2 is 1.21 bits per heavy atom. The zero-order valence-electron chi connectivity index (χ0n) is 14.6. The van der Waals surface area contributed by atoms with Crippen molar-refractivity contribution in [2.24, 2.45) is 0 Å². The van der Waals surface area contributed by atoms with Crippen LogP contribution >= 0.6 is 0 Å². The topological polar surface area (TPSA) is 71.8 Å². The first-order valence-corrected chi connectivity index (χ1v) is 6.82. The van der Waals surface area contributed by atoms with Crippen LogP contribution in [0.3, 0.4) is 0 Å². The Kier molecular flexibility index (Phi) is 19.6. The molecule has 6 nitrogen and oxygen atoms in total. The molecule has 138 valence electrons. The summed E-state index contributed by atoms with van der Waals surface area (Å²) in [6.07, 6.45) is 0. The minimum atomic E-state index is -0.477. The first-order valence-electron chi connectivity index (χ1n) is 6.82. The Bertz CT molecular complexity index is 416. The molecule has 1 rings (SSSR count). The van der Waals surface area contributed by atoms with Gasteiger partial charge in [0, 0.05) is 12.6 Å². The molecule has 0 radical (unpaired) electrons. The van der Waals surface area contributed by atoms with Crippen molar-refractivity contribution in [2.75, 3.05) is 33.7 Å². The van der Waals surface area contributed by atoms with Gasteiger partial charge in [-0.2, -0.15) is 0 Å². The number of likely N-dealkylation sites (N-methyl/N-ethyl adjacent to an activating group) is 2. The van der Waals surface area contributed by atoms with Crippen LogP contribution in [-0.4, -0.2) is 79.0 Å². The molecule has 1 aliphatic rings. The molecule has 0 aromatic rings. The summed E-state index contributed by atoms with van der Waals surface area (Å²) in [5.41, 5.74) is 0. The number of halogens is 3. The summed E-state index contributed by atoms with van der Waals surface area (Å²) < 4.78 is 0. The second-order valence-electron chi connectivity index (χ2n) is 5.62. The average molecular weight is 437 g/mol. The summed E-state index contributed by atoms with van der Waals surface area (Å²) in [6.45, 7) is 5.73. The molecule has 1 fully saturated rings. The number of carbonyl (C=O) groups excluding carboxylic acids is 3. The molecular formula is C14H24Cl3N3O3Ti. The van der Waals surface area contributed by atoms with E-state index in [1.807, 2.05) is 23.9 Å². The van der Waals surface area contributed by atoms with Crippen molar-refractivity contribution in [3.63, 3.8) is 0 Å². The van der Waals surface area contributed by atoms with Gasteiger partial charge in [-0.05, 0) is 41.4 Å². The normalized spacial score (nSPS) is 25.1. The summed E-state index contributed by atoms with van der Waals surface area (Å²) in [6, 6.07) is -1.17. The zero-order valence-corrected chi connectivity index (χ0v) is 18.4. The fraction of sp³-hybridized carbons (Fsp3) is 0.786. The minimum absolute atomic E-state index is 0. The summed E-state index contributed by atoms with van der Waals surface area (Å²) >= 11 is 0. The molecule has 0 spiro atoms. The van der Waals surface area contributed by atoms with Crippen LogP contribution < -0.4 is 37.2 Å². The molecule has 0 aromatic carbocycles. The summed E-state index contributed by atoms with van der Waals surface area (Å²) in [5.74, 6) is 0.00210. The van der Waals surface area contributed by atoms with Crippen molar-refractivity contribution in [2.45, 2.75) is 38.9 Å². The molecule has 10 heteroatoms. The van der Waals surface area contributed by atoms with Crippen LogP contribution in [0, 0.1) is 0 Å². The van der Waals surface area contributed by atoms with Crippen LogP contribution in [-0.2, 0) is 36.1 Å². The Balaban J connectivity index is -0.000000500. The van der Waals surface area contributed by atoms with E-state index in [4.69, 9.17) is 0 Å². The van der Waals surface area contributed by atoms with Gasteiger partial charge in [0.25, 0.3) is 0 Å². The Morgan fingerprint density at radius 1 is 0.792 bits per heavy atom. The third kappa shape index (κ3) is 9.25. The second-order valence-corrected chi connectivity index (χ2v) is 5.62. The Hall–Kier alpha value is 0.474. The summed E-state index contributed by atoms with van der Waals surface area (Å²) in [4.78, 5) is 38.9. The smallest absolute Gasteiger partial charge is 1.00 e. The molecule has 0 aliphatic carbocycles. The maximum atomic E-state index is 11.8. The van der Waals surface area contributed by atoms with E-state index in [9.17, 15) is 14.4 Å². The minimum Gasteiger partial charge on any atom is -1.00 e. The Morgan fingerprint density at radius 3 is 1.58 bits per heavy atom. The number of rotatable bonds is 3. The van der Waals surface area contributed by atoms with Crippen molar-refractivity contribution in [3.8, 4) is 0 Å². The number of carbonyl (C=O) groups is 3. The summed E-state index contributed by atoms with van der Waals surface area (Å²) in [5, 5.41) is 4.37. The molecule has 24 heavy (non-hydrogen) atoms. The maximum absolute atomic E-state index is 11.8. The Labute approximate surface area is 177 Å². The molecule has 3 unspecified atom stereocenters. The quantitative estimate of drug-likeness (QED) is 0.411. The number of hydrogen-bond donors (Lipinski definition) is 0. The molecule has 0 N–H and O–H groups in total. The van der Waals surface area contributed by atoms with Gasteiger partial charge in [0.05, 0.1) is 6.04 Å². The number of nitrogens with zero attached hydrogens (tertiary/aromatic N) is 3. The second kappa shape index (κ2) is 14.6. The van der Waals surface area contributed by atoms with Crippen LogP contribution in [0.5, 0.6) is 0 Å². The fourth-order valence-corrected chi connectivity index (χ4v) is 2.50. The van der Waals surface area contributed by atoms with Gasteiger partial charge in [0.1, 0.15) is 17.3 Å². The van der Waals surface area contributed by atoms with Gasteiger partial charge < -0.3 is 47.3 Å². The van der Waals surface area contributed by atoms with Crippen LogP contribution in [0.4, 0.5) is 0 Å². The molecule has 0 bridgehead atoms. The van der Waals surface area contributed by atoms with E-state index in [-0.39, 0.29) is 88.4 Å². The number of hydrogen-bond acceptors (Lipinski definition) is 5. The molecule has 0 amide bonds. The maximum Gasteiger partial charge on any atom is 4.00 e. The van der Waals surface area contributed by atoms with Crippen LogP contribution in [0.25, 0.3) is 5.32 Å². The molecule has 1 heterocycles. The van der Waals surface area contributed by atoms with Crippen molar-refractivity contribution < 1.29 is 73.3 Å². The van der Waals surface area contributed by atoms with Gasteiger partial charge in [-0.1, -0.05) is 6.04 Å². The van der Waals surface area contributed by atoms with Crippen LogP contribution in [0.2, 0.25) is 0 Å². The van der Waals surface area contributed by atoms with E-state index < -0.39 is 6.04 Å². The van der Waals surface area contributed by atoms with E-state index in [0.717, 1.165) is 0 Å². The van der Waals surface area contributed by atoms with Gasteiger partial charge in [0.15, 0.2) is 0 Å². The van der Waals surface area contributed by atoms with Crippen molar-refractivity contribution in [1.82, 2.24) is 9.80 Å². The zero-order chi connectivity index (χ0) is 15.4. The van der Waals surface area contributed by atoms with E-state index in [0.29, 0.717) is 19.6 Å². The monoisotopic (exact) mass is 435 g/mol. The van der Waals surface area contributed by atoms with Gasteiger partial charge >= 0.3 is 21.7 Å². The molecule has 0 saturated carbocycles. The average Bonchev–Trinajstić information content (AvgIpc) is 2.38. The van der Waals surface area contributed by atoms with E-state index in [1.54, 1.807) is 0 Å².